The lowest BCUT2D eigenvalue weighted by Gasteiger charge is -2.71. The molecule has 28 heteroatoms. The molecule has 10 rings (SSSR count). The van der Waals surface area contributed by atoms with Crippen LogP contribution in [0.2, 0.25) is 0 Å². The van der Waals surface area contributed by atoms with Gasteiger partial charge in [0.15, 0.2) is 31.3 Å². The molecule has 16 N–H and O–H groups in total. The number of aliphatic carboxylic acids is 1. The maximum Gasteiger partial charge on any atom is 0.335 e. The van der Waals surface area contributed by atoms with Crippen molar-refractivity contribution in [3.05, 3.63) is 11.6 Å². The van der Waals surface area contributed by atoms with Gasteiger partial charge in [-0.3, -0.25) is 4.79 Å². The molecule has 9 fully saturated rings. The third-order valence-corrected chi connectivity index (χ3v) is 23.1. The first kappa shape index (κ1) is 67.6. The van der Waals surface area contributed by atoms with Crippen molar-refractivity contribution in [1.82, 2.24) is 0 Å². The van der Waals surface area contributed by atoms with Crippen molar-refractivity contribution < 1.29 is 139 Å². The summed E-state index contributed by atoms with van der Waals surface area (Å²) in [5.74, 6) is -2.54. The van der Waals surface area contributed by atoms with Gasteiger partial charge in [0.05, 0.1) is 37.9 Å². The molecule has 87 heavy (non-hydrogen) atoms. The summed E-state index contributed by atoms with van der Waals surface area (Å²) in [7, 11) is 0. The van der Waals surface area contributed by atoms with Gasteiger partial charge in [-0.05, 0) is 109 Å². The number of rotatable bonds is 14. The topological polar surface area (TPSA) is 450 Å². The maximum absolute atomic E-state index is 15.2. The minimum atomic E-state index is -2.11. The Kier molecular flexibility index (Phi) is 19.3. The van der Waals surface area contributed by atoms with Crippen LogP contribution in [-0.4, -0.2) is 274 Å². The second-order valence-corrected chi connectivity index (χ2v) is 28.7. The van der Waals surface area contributed by atoms with Crippen LogP contribution in [0.25, 0.3) is 0 Å². The van der Waals surface area contributed by atoms with Gasteiger partial charge in [-0.15, -0.1) is 0 Å². The van der Waals surface area contributed by atoms with Gasteiger partial charge in [0, 0.05) is 0 Å². The Hall–Kier alpha value is -2.28. The van der Waals surface area contributed by atoms with Crippen LogP contribution in [0.5, 0.6) is 0 Å². The molecule has 5 heterocycles. The third-order valence-electron chi connectivity index (χ3n) is 23.1. The molecule has 28 nitrogen and oxygen atoms in total. The van der Waals surface area contributed by atoms with Crippen LogP contribution in [0.3, 0.4) is 0 Å². The van der Waals surface area contributed by atoms with Gasteiger partial charge in [0.25, 0.3) is 0 Å². The molecule has 0 spiro atoms. The summed E-state index contributed by atoms with van der Waals surface area (Å²) in [5.41, 5.74) is -1.95. The largest absolute Gasteiger partial charge is 0.479 e. The Morgan fingerprint density at radius 3 is 1.75 bits per heavy atom. The normalized spacial score (nSPS) is 53.1. The lowest BCUT2D eigenvalue weighted by atomic mass is 9.33. The number of carboxylic acid groups (broad SMARTS) is 1. The standard InChI is InChI=1S/C59H94O28/c1-54(2)14-16-59(53(77)87-51-42(73)38(69)35(66)28(82-51)22-79-48-40(71)36(67)33(64)26(19-60)80-48)17-15-57(6)23(24(59)18-54)8-9-30-56(5)12-11-31(55(3,4)29(56)10-13-58(30,57)7)83-52-46(86-50-41(72)37(68)34(65)27(20-61)81-50)44(43(74)45(85-52)47(75)76)84-49-39(70)32(63)25(62)21-78-49/h8,24-46,48-52,60-74H,9-22H2,1-7H3,(H,75,76)/t24-,25+,26+,27+,28+,29-,30+,31-,32+,33+,34+,35+,36-,37-,38-,39-,40+,41+,42+,43-,44-,45-,46+,48+,49-,50-,51-,52+,56-,57+,58+,59-/m0/s1. The van der Waals surface area contributed by atoms with Crippen LogP contribution < -0.4 is 0 Å². The van der Waals surface area contributed by atoms with Gasteiger partial charge >= 0.3 is 11.9 Å². The highest BCUT2D eigenvalue weighted by atomic mass is 16.8. The molecule has 0 aromatic rings. The van der Waals surface area contributed by atoms with Crippen molar-refractivity contribution >= 4 is 11.9 Å². The molecule has 10 aliphatic rings. The highest BCUT2D eigenvalue weighted by Crippen LogP contribution is 2.76. The Labute approximate surface area is 503 Å². The molecule has 0 aromatic heterocycles. The number of aliphatic hydroxyl groups is 15. The first-order chi connectivity index (χ1) is 40.7. The van der Waals surface area contributed by atoms with E-state index in [1.54, 1.807) is 0 Å². The molecule has 0 amide bonds. The Morgan fingerprint density at radius 1 is 0.552 bits per heavy atom. The van der Waals surface area contributed by atoms with E-state index in [2.05, 4.69) is 54.5 Å². The fourth-order valence-electron chi connectivity index (χ4n) is 17.6. The van der Waals surface area contributed by atoms with Crippen LogP contribution in [0, 0.1) is 50.2 Å². The minimum absolute atomic E-state index is 0.0473. The number of hydrogen-bond acceptors (Lipinski definition) is 27. The zero-order valence-corrected chi connectivity index (χ0v) is 50.2. The number of hydrogen-bond donors (Lipinski definition) is 16. The quantitative estimate of drug-likeness (QED) is 0.0456. The Morgan fingerprint density at radius 2 is 1.11 bits per heavy atom. The number of esters is 1. The van der Waals surface area contributed by atoms with Gasteiger partial charge in [-0.25, -0.2) is 4.79 Å². The smallest absolute Gasteiger partial charge is 0.335 e. The Balaban J connectivity index is 0.894. The first-order valence-electron chi connectivity index (χ1n) is 30.7. The lowest BCUT2D eigenvalue weighted by molar-refractivity contribution is -0.392. The summed E-state index contributed by atoms with van der Waals surface area (Å²) < 4.78 is 59.7. The summed E-state index contributed by atoms with van der Waals surface area (Å²) in [6, 6.07) is 0. The molecule has 32 atom stereocenters. The molecule has 5 aliphatic heterocycles. The molecule has 0 radical (unpaired) electrons. The predicted octanol–water partition coefficient (Wildman–Crippen LogP) is -3.48. The summed E-state index contributed by atoms with van der Waals surface area (Å²) in [6.07, 6.45) is -35.0. The second kappa shape index (κ2) is 24.9. The van der Waals surface area contributed by atoms with E-state index < -0.39 is 208 Å². The van der Waals surface area contributed by atoms with E-state index >= 15 is 4.79 Å². The SMILES string of the molecule is CC1(C)CC[C@]2(C(=O)O[C@@H]3O[C@H](CO[C@@H]4O[C@H](CO)[C@@H](O)[C@H](O)[C@H]4O)[C@@H](O)[C@H](O)[C@H]3O)CC[C@]3(C)C(=CC[C@@H]4[C@@]5(C)CC[C@H](O[C@@H]6O[C@H](C(=O)O)[C@@H](O)[C@H](O[C@@H]7OC[C@@H](O)[C@@H](O)[C@@H]7O)[C@H]6O[C@@H]6O[C@H](CO)[C@@H](O)[C@H](O)[C@H]6O)C(C)(C)[C@@H]5CC[C@]43C)[C@@H]2C1. The van der Waals surface area contributed by atoms with E-state index in [1.807, 2.05) is 0 Å². The average molecular weight is 1250 g/mol. The average Bonchev–Trinajstić information content (AvgIpc) is 0.681. The molecular formula is C59H94O28. The number of carbonyl (C=O) groups excluding carboxylic acids is 1. The number of allylic oxidation sites excluding steroid dienone is 2. The first-order valence-corrected chi connectivity index (χ1v) is 30.7. The fourth-order valence-corrected chi connectivity index (χ4v) is 17.6. The summed E-state index contributed by atoms with van der Waals surface area (Å²) >= 11 is 0. The van der Waals surface area contributed by atoms with Crippen LogP contribution in [0.4, 0.5) is 0 Å². The van der Waals surface area contributed by atoms with Crippen LogP contribution in [-0.2, 0) is 57.0 Å². The summed E-state index contributed by atoms with van der Waals surface area (Å²) in [4.78, 5) is 28.1. The zero-order chi connectivity index (χ0) is 63.6. The van der Waals surface area contributed by atoms with Crippen molar-refractivity contribution in [2.45, 2.75) is 266 Å². The van der Waals surface area contributed by atoms with E-state index in [9.17, 15) is 86.5 Å². The van der Waals surface area contributed by atoms with Crippen molar-refractivity contribution in [1.29, 1.82) is 0 Å². The van der Waals surface area contributed by atoms with Crippen molar-refractivity contribution in [2.24, 2.45) is 50.2 Å². The highest BCUT2D eigenvalue weighted by Gasteiger charge is 2.71. The molecule has 498 valence electrons. The molecular weight excluding hydrogens is 1160 g/mol. The lowest BCUT2D eigenvalue weighted by Crippen LogP contribution is -2.68. The van der Waals surface area contributed by atoms with Crippen LogP contribution in [0.1, 0.15) is 113 Å². The van der Waals surface area contributed by atoms with Gasteiger partial charge < -0.3 is 129 Å². The number of ether oxygens (including phenoxy) is 10. The minimum Gasteiger partial charge on any atom is -0.479 e. The molecule has 5 saturated heterocycles. The second-order valence-electron chi connectivity index (χ2n) is 28.7. The molecule has 0 unspecified atom stereocenters. The van der Waals surface area contributed by atoms with E-state index in [0.717, 1.165) is 12.0 Å². The van der Waals surface area contributed by atoms with Gasteiger partial charge in [0.1, 0.15) is 110 Å². The summed E-state index contributed by atoms with van der Waals surface area (Å²) in [6.45, 7) is 12.8. The monoisotopic (exact) mass is 1250 g/mol. The fraction of sp³-hybridized carbons (Fsp3) is 0.932. The van der Waals surface area contributed by atoms with E-state index in [-0.39, 0.29) is 34.0 Å². The van der Waals surface area contributed by atoms with Gasteiger partial charge in [-0.1, -0.05) is 60.1 Å². The number of carbonyl (C=O) groups is 2. The van der Waals surface area contributed by atoms with Gasteiger partial charge in [-0.2, -0.15) is 0 Å². The molecule has 0 bridgehead atoms. The number of carboxylic acids is 1. The Bertz CT molecular complexity index is 2470. The predicted molar refractivity (Wildman–Crippen MR) is 290 cm³/mol. The van der Waals surface area contributed by atoms with Crippen molar-refractivity contribution in [3.8, 4) is 0 Å². The molecule has 0 aromatic carbocycles. The van der Waals surface area contributed by atoms with E-state index in [0.29, 0.717) is 57.8 Å². The molecule has 5 aliphatic carbocycles. The van der Waals surface area contributed by atoms with E-state index in [1.165, 1.54) is 0 Å². The van der Waals surface area contributed by atoms with E-state index in [4.69, 9.17) is 47.4 Å². The zero-order valence-electron chi connectivity index (χ0n) is 50.2. The summed E-state index contributed by atoms with van der Waals surface area (Å²) in [5, 5.41) is 171. The number of fused-ring (bicyclic) bond motifs is 7. The molecule has 4 saturated carbocycles. The number of aliphatic hydroxyl groups excluding tert-OH is 15. The highest BCUT2D eigenvalue weighted by molar-refractivity contribution is 5.79. The van der Waals surface area contributed by atoms with Crippen LogP contribution >= 0.6 is 0 Å². The maximum atomic E-state index is 15.2. The van der Waals surface area contributed by atoms with Gasteiger partial charge in [0.2, 0.25) is 6.29 Å². The van der Waals surface area contributed by atoms with Crippen molar-refractivity contribution in [3.63, 3.8) is 0 Å². The third kappa shape index (κ3) is 11.5. The van der Waals surface area contributed by atoms with Crippen LogP contribution in [0.15, 0.2) is 11.6 Å². The van der Waals surface area contributed by atoms with Crippen molar-refractivity contribution in [2.75, 3.05) is 26.4 Å².